The molecule has 0 bridgehead atoms. The maximum Gasteiger partial charge on any atom is 0.323 e. The molecule has 0 spiro atoms. The minimum absolute atomic E-state index is 0.0862. The molecule has 0 aliphatic carbocycles. The Kier molecular flexibility index (Phi) is 5.07. The molecule has 2 aromatic rings. The summed E-state index contributed by atoms with van der Waals surface area (Å²) in [6, 6.07) is 10.6. The fourth-order valence-corrected chi connectivity index (χ4v) is 4.65. The minimum atomic E-state index is -0.195. The van der Waals surface area contributed by atoms with Gasteiger partial charge in [0.2, 0.25) is 0 Å². The molecule has 0 saturated carbocycles. The number of halogens is 2. The highest BCUT2D eigenvalue weighted by Gasteiger charge is 2.32. The summed E-state index contributed by atoms with van der Waals surface area (Å²) in [7, 11) is 0. The second-order valence-electron chi connectivity index (χ2n) is 5.87. The van der Waals surface area contributed by atoms with Crippen molar-refractivity contribution < 1.29 is 14.3 Å². The van der Waals surface area contributed by atoms with Gasteiger partial charge < -0.3 is 19.7 Å². The second-order valence-corrected chi connectivity index (χ2v) is 7.91. The molecule has 1 atom stereocenters. The molecule has 136 valence electrons. The molecule has 2 aliphatic rings. The summed E-state index contributed by atoms with van der Waals surface area (Å²) in [5.74, 6) is 2.33. The average molecular weight is 411 g/mol. The first-order valence-corrected chi connectivity index (χ1v) is 9.96. The van der Waals surface area contributed by atoms with E-state index in [0.29, 0.717) is 35.5 Å². The largest absolute Gasteiger partial charge is 0.486 e. The van der Waals surface area contributed by atoms with E-state index in [1.807, 2.05) is 18.2 Å². The van der Waals surface area contributed by atoms with Crippen molar-refractivity contribution in [1.29, 1.82) is 0 Å². The van der Waals surface area contributed by atoms with Crippen LogP contribution in [0.4, 0.5) is 10.5 Å². The number of carbonyl (C=O) groups excluding carboxylic acids is 1. The quantitative estimate of drug-likeness (QED) is 0.752. The number of anilines is 1. The van der Waals surface area contributed by atoms with Gasteiger partial charge in [-0.2, -0.15) is 0 Å². The highest BCUT2D eigenvalue weighted by Crippen LogP contribution is 2.42. The smallest absolute Gasteiger partial charge is 0.323 e. The predicted molar refractivity (Wildman–Crippen MR) is 105 cm³/mol. The predicted octanol–water partition coefficient (Wildman–Crippen LogP) is 5.04. The SMILES string of the molecule is O=C(Nc1ccc(Cl)cc1Cl)N1CCSC1c1ccc2c(c1)OCCO2. The number of urea groups is 1. The van der Waals surface area contributed by atoms with Crippen LogP contribution < -0.4 is 14.8 Å². The van der Waals surface area contributed by atoms with Gasteiger partial charge >= 0.3 is 6.03 Å². The van der Waals surface area contributed by atoms with Crippen LogP contribution in [0.25, 0.3) is 0 Å². The van der Waals surface area contributed by atoms with Crippen LogP contribution in [-0.2, 0) is 0 Å². The number of hydrogen-bond donors (Lipinski definition) is 1. The number of thioether (sulfide) groups is 1. The molecule has 1 N–H and O–H groups in total. The molecular formula is C18H16Cl2N2O3S. The number of ether oxygens (including phenoxy) is 2. The number of nitrogens with one attached hydrogen (secondary N) is 1. The molecular weight excluding hydrogens is 395 g/mol. The fraction of sp³-hybridized carbons (Fsp3) is 0.278. The van der Waals surface area contributed by atoms with Crippen LogP contribution >= 0.6 is 35.0 Å². The number of fused-ring (bicyclic) bond motifs is 1. The highest BCUT2D eigenvalue weighted by atomic mass is 35.5. The van der Waals surface area contributed by atoms with E-state index >= 15 is 0 Å². The molecule has 1 saturated heterocycles. The zero-order valence-corrected chi connectivity index (χ0v) is 16.0. The summed E-state index contributed by atoms with van der Waals surface area (Å²) < 4.78 is 11.2. The minimum Gasteiger partial charge on any atom is -0.486 e. The van der Waals surface area contributed by atoms with Crippen molar-refractivity contribution in [2.75, 3.05) is 30.8 Å². The van der Waals surface area contributed by atoms with Crippen molar-refractivity contribution in [2.24, 2.45) is 0 Å². The second kappa shape index (κ2) is 7.47. The standard InChI is InChI=1S/C18H16Cl2N2O3S/c19-12-2-3-14(13(20)10-12)21-18(23)22-5-8-26-17(22)11-1-4-15-16(9-11)25-7-6-24-15/h1-4,9-10,17H,5-8H2,(H,21,23). The third kappa shape index (κ3) is 3.54. The monoisotopic (exact) mass is 410 g/mol. The molecule has 2 heterocycles. The molecule has 1 unspecified atom stereocenters. The zero-order valence-electron chi connectivity index (χ0n) is 13.7. The van der Waals surface area contributed by atoms with Crippen molar-refractivity contribution in [3.8, 4) is 11.5 Å². The van der Waals surface area contributed by atoms with Crippen LogP contribution in [0.2, 0.25) is 10.0 Å². The number of benzene rings is 2. The zero-order chi connectivity index (χ0) is 18.1. The topological polar surface area (TPSA) is 50.8 Å². The summed E-state index contributed by atoms with van der Waals surface area (Å²) in [4.78, 5) is 14.6. The fourth-order valence-electron chi connectivity index (χ4n) is 2.95. The Hall–Kier alpha value is -1.76. The summed E-state index contributed by atoms with van der Waals surface area (Å²) >= 11 is 13.8. The maximum atomic E-state index is 12.8. The lowest BCUT2D eigenvalue weighted by Gasteiger charge is -2.26. The van der Waals surface area contributed by atoms with Crippen LogP contribution in [-0.4, -0.2) is 36.4 Å². The Bertz CT molecular complexity index is 849. The van der Waals surface area contributed by atoms with Gasteiger partial charge in [-0.1, -0.05) is 29.3 Å². The van der Waals surface area contributed by atoms with Crippen molar-refractivity contribution in [1.82, 2.24) is 4.90 Å². The first kappa shape index (κ1) is 17.6. The Labute approximate surface area is 165 Å². The lowest BCUT2D eigenvalue weighted by atomic mass is 10.1. The molecule has 0 aromatic heterocycles. The van der Waals surface area contributed by atoms with Crippen LogP contribution in [0.1, 0.15) is 10.9 Å². The lowest BCUT2D eigenvalue weighted by molar-refractivity contribution is 0.171. The normalized spacial score (nSPS) is 18.7. The Balaban J connectivity index is 1.53. The summed E-state index contributed by atoms with van der Waals surface area (Å²) in [5, 5.41) is 3.72. The third-order valence-electron chi connectivity index (χ3n) is 4.18. The van der Waals surface area contributed by atoms with Crippen LogP contribution in [0.5, 0.6) is 11.5 Å². The van der Waals surface area contributed by atoms with E-state index in [0.717, 1.165) is 22.8 Å². The molecule has 8 heteroatoms. The Morgan fingerprint density at radius 2 is 1.92 bits per heavy atom. The Morgan fingerprint density at radius 3 is 2.73 bits per heavy atom. The van der Waals surface area contributed by atoms with Gasteiger partial charge in [0.25, 0.3) is 0 Å². The number of amides is 2. The van der Waals surface area contributed by atoms with E-state index in [2.05, 4.69) is 5.32 Å². The number of nitrogens with zero attached hydrogens (tertiary/aromatic N) is 1. The molecule has 5 nitrogen and oxygen atoms in total. The van der Waals surface area contributed by atoms with E-state index in [-0.39, 0.29) is 11.4 Å². The lowest BCUT2D eigenvalue weighted by Crippen LogP contribution is -2.34. The van der Waals surface area contributed by atoms with Crippen molar-refractivity contribution in [3.05, 3.63) is 52.0 Å². The van der Waals surface area contributed by atoms with Gasteiger partial charge in [0.15, 0.2) is 11.5 Å². The summed E-state index contributed by atoms with van der Waals surface area (Å²) in [6.45, 7) is 1.75. The van der Waals surface area contributed by atoms with Gasteiger partial charge in [-0.05, 0) is 35.9 Å². The average Bonchev–Trinajstić information content (AvgIpc) is 3.13. The van der Waals surface area contributed by atoms with Gasteiger partial charge in [-0.25, -0.2) is 4.79 Å². The van der Waals surface area contributed by atoms with E-state index in [4.69, 9.17) is 32.7 Å². The number of rotatable bonds is 2. The third-order valence-corrected chi connectivity index (χ3v) is 5.98. The molecule has 2 aliphatic heterocycles. The summed E-state index contributed by atoms with van der Waals surface area (Å²) in [5.41, 5.74) is 1.55. The van der Waals surface area contributed by atoms with Crippen molar-refractivity contribution in [2.45, 2.75) is 5.37 Å². The van der Waals surface area contributed by atoms with Crippen LogP contribution in [0, 0.1) is 0 Å². The number of hydrogen-bond acceptors (Lipinski definition) is 4. The first-order chi connectivity index (χ1) is 12.6. The van der Waals surface area contributed by atoms with Gasteiger partial charge in [0.1, 0.15) is 18.6 Å². The van der Waals surface area contributed by atoms with E-state index in [1.165, 1.54) is 0 Å². The van der Waals surface area contributed by atoms with E-state index in [9.17, 15) is 4.79 Å². The summed E-state index contributed by atoms with van der Waals surface area (Å²) in [6.07, 6.45) is 0. The van der Waals surface area contributed by atoms with Gasteiger partial charge in [-0.15, -0.1) is 11.8 Å². The number of carbonyl (C=O) groups is 1. The van der Waals surface area contributed by atoms with E-state index < -0.39 is 0 Å². The maximum absolute atomic E-state index is 12.8. The van der Waals surface area contributed by atoms with Crippen molar-refractivity contribution >= 4 is 46.7 Å². The van der Waals surface area contributed by atoms with Gasteiger partial charge in [0, 0.05) is 17.3 Å². The van der Waals surface area contributed by atoms with Crippen LogP contribution in [0.15, 0.2) is 36.4 Å². The first-order valence-electron chi connectivity index (χ1n) is 8.15. The van der Waals surface area contributed by atoms with Gasteiger partial charge in [0.05, 0.1) is 10.7 Å². The molecule has 26 heavy (non-hydrogen) atoms. The molecule has 2 amide bonds. The van der Waals surface area contributed by atoms with Crippen molar-refractivity contribution in [3.63, 3.8) is 0 Å². The molecule has 0 radical (unpaired) electrons. The van der Waals surface area contributed by atoms with Gasteiger partial charge in [-0.3, -0.25) is 0 Å². The molecule has 1 fully saturated rings. The van der Waals surface area contributed by atoms with E-state index in [1.54, 1.807) is 34.9 Å². The van der Waals surface area contributed by atoms with Crippen LogP contribution in [0.3, 0.4) is 0 Å². The highest BCUT2D eigenvalue weighted by molar-refractivity contribution is 7.99. The molecule has 2 aromatic carbocycles. The molecule has 4 rings (SSSR count). The Morgan fingerprint density at radius 1 is 1.12 bits per heavy atom.